The van der Waals surface area contributed by atoms with Crippen molar-refractivity contribution < 1.29 is 4.74 Å². The first-order valence-electron chi connectivity index (χ1n) is 10.7. The highest BCUT2D eigenvalue weighted by Crippen LogP contribution is 2.37. The number of hydrogen-bond acceptors (Lipinski definition) is 3. The Morgan fingerprint density at radius 3 is 2.55 bits per heavy atom. The summed E-state index contributed by atoms with van der Waals surface area (Å²) in [5, 5.41) is 0.720. The number of ether oxygens (including phenoxy) is 1. The minimum atomic E-state index is 0.141. The van der Waals surface area contributed by atoms with E-state index in [2.05, 4.69) is 11.0 Å². The molecule has 2 bridgehead atoms. The highest BCUT2D eigenvalue weighted by molar-refractivity contribution is 6.30. The van der Waals surface area contributed by atoms with Gasteiger partial charge in [-0.3, -0.25) is 9.69 Å². The largest absolute Gasteiger partial charge is 0.381 e. The second kappa shape index (κ2) is 8.10. The zero-order chi connectivity index (χ0) is 19.8. The lowest BCUT2D eigenvalue weighted by atomic mass is 9.82. The van der Waals surface area contributed by atoms with Crippen molar-refractivity contribution in [1.29, 1.82) is 0 Å². The Balaban J connectivity index is 1.38. The summed E-state index contributed by atoms with van der Waals surface area (Å²) in [5.74, 6) is 1.03. The minimum absolute atomic E-state index is 0.141. The second-order valence-electron chi connectivity index (χ2n) is 8.61. The van der Waals surface area contributed by atoms with E-state index in [0.717, 1.165) is 61.8 Å². The highest BCUT2D eigenvalue weighted by atomic mass is 35.5. The number of piperidine rings is 1. The maximum Gasteiger partial charge on any atom is 0.258 e. The van der Waals surface area contributed by atoms with Crippen molar-refractivity contribution in [3.05, 3.63) is 68.6 Å². The monoisotopic (exact) mass is 410 g/mol. The maximum atomic E-state index is 13.2. The van der Waals surface area contributed by atoms with Gasteiger partial charge in [0, 0.05) is 61.1 Å². The van der Waals surface area contributed by atoms with Gasteiger partial charge in [0.1, 0.15) is 0 Å². The Bertz CT molecular complexity index is 960. The number of hydrogen-bond donors (Lipinski definition) is 0. The second-order valence-corrected chi connectivity index (χ2v) is 9.05. The number of fused-ring (bicyclic) bond motifs is 4. The Hall–Kier alpha value is -1.88. The normalized spacial score (nSPS) is 25.3. The fourth-order valence-electron chi connectivity index (χ4n) is 5.23. The van der Waals surface area contributed by atoms with Crippen LogP contribution in [-0.4, -0.2) is 41.8 Å². The molecule has 0 spiro atoms. The van der Waals surface area contributed by atoms with Crippen molar-refractivity contribution in [1.82, 2.24) is 9.47 Å². The molecule has 152 valence electrons. The average molecular weight is 411 g/mol. The van der Waals surface area contributed by atoms with E-state index in [1.54, 1.807) is 0 Å². The quantitative estimate of drug-likeness (QED) is 0.757. The third kappa shape index (κ3) is 3.94. The summed E-state index contributed by atoms with van der Waals surface area (Å²) in [6, 6.07) is 12.5. The van der Waals surface area contributed by atoms with Gasteiger partial charge in [-0.15, -0.1) is 0 Å². The minimum Gasteiger partial charge on any atom is -0.381 e. The number of pyridine rings is 1. The summed E-state index contributed by atoms with van der Waals surface area (Å²) >= 11 is 5.95. The summed E-state index contributed by atoms with van der Waals surface area (Å²) in [5.41, 5.74) is 3.15. The molecule has 1 aromatic heterocycles. The van der Waals surface area contributed by atoms with Crippen molar-refractivity contribution in [2.75, 3.05) is 26.3 Å². The molecule has 0 radical (unpaired) electrons. The molecule has 2 aromatic rings. The molecule has 0 unspecified atom stereocenters. The van der Waals surface area contributed by atoms with Gasteiger partial charge in [0.15, 0.2) is 0 Å². The van der Waals surface area contributed by atoms with Gasteiger partial charge < -0.3 is 9.30 Å². The molecule has 0 amide bonds. The van der Waals surface area contributed by atoms with Gasteiger partial charge >= 0.3 is 0 Å². The third-order valence-corrected chi connectivity index (χ3v) is 6.95. The van der Waals surface area contributed by atoms with Crippen LogP contribution in [0.1, 0.15) is 42.0 Å². The molecule has 0 saturated carbocycles. The summed E-state index contributed by atoms with van der Waals surface area (Å²) < 4.78 is 7.59. The molecule has 1 aromatic carbocycles. The SMILES string of the molecule is O=c1c(/C=C/c2ccc(Cl)cc2)ccc2n1C[C@H]1C[C@@H]2CN(C2CCOCC2)C1. The Labute approximate surface area is 176 Å². The lowest BCUT2D eigenvalue weighted by Crippen LogP contribution is -2.51. The first-order chi connectivity index (χ1) is 14.2. The summed E-state index contributed by atoms with van der Waals surface area (Å²) in [4.78, 5) is 15.8. The molecule has 3 aliphatic rings. The average Bonchev–Trinajstić information content (AvgIpc) is 2.75. The van der Waals surface area contributed by atoms with Gasteiger partial charge in [0.2, 0.25) is 0 Å². The summed E-state index contributed by atoms with van der Waals surface area (Å²) in [6.45, 7) is 4.79. The fourth-order valence-corrected chi connectivity index (χ4v) is 5.36. The molecule has 0 N–H and O–H groups in total. The number of nitrogens with zero attached hydrogens (tertiary/aromatic N) is 2. The van der Waals surface area contributed by atoms with Crippen molar-refractivity contribution in [3.63, 3.8) is 0 Å². The third-order valence-electron chi connectivity index (χ3n) is 6.69. The standard InChI is InChI=1S/C24H27ClN2O2/c25-21-6-2-17(3-7-21)1-4-19-5-8-23-20-13-18(15-27(23)24(19)28)14-26(16-20)22-9-11-29-12-10-22/h1-8,18,20,22H,9-16H2/b4-1+/t18-,20+/m0/s1. The number of likely N-dealkylation sites (tertiary alicyclic amines) is 1. The number of halogens is 1. The van der Waals surface area contributed by atoms with E-state index < -0.39 is 0 Å². The van der Waals surface area contributed by atoms with Crippen LogP contribution in [0.5, 0.6) is 0 Å². The topological polar surface area (TPSA) is 34.5 Å². The van der Waals surface area contributed by atoms with E-state index in [-0.39, 0.29) is 5.56 Å². The van der Waals surface area contributed by atoms with Gasteiger partial charge in [0.05, 0.1) is 0 Å². The Morgan fingerprint density at radius 2 is 1.76 bits per heavy atom. The molecule has 29 heavy (non-hydrogen) atoms. The molecule has 4 heterocycles. The maximum absolute atomic E-state index is 13.2. The predicted octanol–water partition coefficient (Wildman–Crippen LogP) is 4.27. The van der Waals surface area contributed by atoms with Crippen LogP contribution in [0.3, 0.4) is 0 Å². The van der Waals surface area contributed by atoms with Gasteiger partial charge in [0.25, 0.3) is 5.56 Å². The van der Waals surface area contributed by atoms with E-state index in [1.807, 2.05) is 47.1 Å². The van der Waals surface area contributed by atoms with E-state index in [1.165, 1.54) is 12.1 Å². The smallest absolute Gasteiger partial charge is 0.258 e. The summed E-state index contributed by atoms with van der Waals surface area (Å²) in [6.07, 6.45) is 7.40. The lowest BCUT2D eigenvalue weighted by molar-refractivity contribution is 0.00586. The molecule has 4 nitrogen and oxygen atoms in total. The molecule has 2 saturated heterocycles. The van der Waals surface area contributed by atoms with E-state index in [0.29, 0.717) is 17.9 Å². The first kappa shape index (κ1) is 19.1. The van der Waals surface area contributed by atoms with Crippen LogP contribution in [0.15, 0.2) is 41.2 Å². The molecule has 2 atom stereocenters. The predicted molar refractivity (Wildman–Crippen MR) is 117 cm³/mol. The zero-order valence-corrected chi connectivity index (χ0v) is 17.4. The van der Waals surface area contributed by atoms with Crippen molar-refractivity contribution in [2.45, 2.75) is 37.8 Å². The molecular weight excluding hydrogens is 384 g/mol. The highest BCUT2D eigenvalue weighted by Gasteiger charge is 2.37. The molecule has 0 aliphatic carbocycles. The first-order valence-corrected chi connectivity index (χ1v) is 11.0. The van der Waals surface area contributed by atoms with Gasteiger partial charge in [-0.2, -0.15) is 0 Å². The van der Waals surface area contributed by atoms with Crippen LogP contribution in [0.4, 0.5) is 0 Å². The van der Waals surface area contributed by atoms with Gasteiger partial charge in [-0.25, -0.2) is 0 Å². The van der Waals surface area contributed by atoms with Crippen molar-refractivity contribution in [3.8, 4) is 0 Å². The van der Waals surface area contributed by atoms with Crippen LogP contribution < -0.4 is 5.56 Å². The van der Waals surface area contributed by atoms with Gasteiger partial charge in [-0.05, 0) is 61.1 Å². The van der Waals surface area contributed by atoms with Crippen LogP contribution in [0.2, 0.25) is 5.02 Å². The van der Waals surface area contributed by atoms with E-state index in [9.17, 15) is 4.79 Å². The van der Waals surface area contributed by atoms with Crippen LogP contribution >= 0.6 is 11.6 Å². The van der Waals surface area contributed by atoms with E-state index >= 15 is 0 Å². The molecule has 3 aliphatic heterocycles. The Kier molecular flexibility index (Phi) is 5.33. The molecule has 5 rings (SSSR count). The fraction of sp³-hybridized carbons (Fsp3) is 0.458. The Morgan fingerprint density at radius 1 is 0.966 bits per heavy atom. The molecular formula is C24H27ClN2O2. The van der Waals surface area contributed by atoms with Gasteiger partial charge in [-0.1, -0.05) is 29.8 Å². The van der Waals surface area contributed by atoms with E-state index in [4.69, 9.17) is 16.3 Å². The number of benzene rings is 1. The zero-order valence-electron chi connectivity index (χ0n) is 16.6. The molecule has 2 fully saturated rings. The molecule has 5 heteroatoms. The number of rotatable bonds is 3. The van der Waals surface area contributed by atoms with Crippen LogP contribution in [0, 0.1) is 5.92 Å². The van der Waals surface area contributed by atoms with Crippen molar-refractivity contribution >= 4 is 23.8 Å². The van der Waals surface area contributed by atoms with Crippen molar-refractivity contribution in [2.24, 2.45) is 5.92 Å². The number of aromatic nitrogens is 1. The van der Waals surface area contributed by atoms with Crippen LogP contribution in [0.25, 0.3) is 12.2 Å². The van der Waals surface area contributed by atoms with Crippen LogP contribution in [-0.2, 0) is 11.3 Å². The lowest BCUT2D eigenvalue weighted by Gasteiger charge is -2.46. The summed E-state index contributed by atoms with van der Waals surface area (Å²) in [7, 11) is 0.